The predicted molar refractivity (Wildman–Crippen MR) is 68.4 cm³/mol. The van der Waals surface area contributed by atoms with E-state index >= 15 is 0 Å². The number of nitrogens with two attached hydrogens (primary N) is 1. The van der Waals surface area contributed by atoms with Crippen molar-refractivity contribution in [3.05, 3.63) is 46.5 Å². The molecule has 5 heteroatoms. The third-order valence-electron chi connectivity index (χ3n) is 2.31. The van der Waals surface area contributed by atoms with Crippen LogP contribution in [0, 0.1) is 0 Å². The second-order valence-corrected chi connectivity index (χ2v) is 3.68. The Morgan fingerprint density at radius 3 is 2.71 bits per heavy atom. The van der Waals surface area contributed by atoms with Gasteiger partial charge in [0, 0.05) is 23.9 Å². The summed E-state index contributed by atoms with van der Waals surface area (Å²) >= 11 is 0. The smallest absolute Gasteiger partial charge is 0.252 e. The van der Waals surface area contributed by atoms with Crippen LogP contribution in [0.3, 0.4) is 0 Å². The first-order valence-corrected chi connectivity index (χ1v) is 5.40. The highest BCUT2D eigenvalue weighted by Gasteiger charge is 2.00. The maximum atomic E-state index is 11.4. The predicted octanol–water partition coefficient (Wildman–Crippen LogP) is 1.66. The maximum absolute atomic E-state index is 11.4. The molecule has 2 rings (SSSR count). The summed E-state index contributed by atoms with van der Waals surface area (Å²) < 4.78 is 0. The molecule has 0 unspecified atom stereocenters. The summed E-state index contributed by atoms with van der Waals surface area (Å²) in [5, 5.41) is 3.06. The first kappa shape index (κ1) is 11.2. The number of nitrogens with one attached hydrogen (secondary N) is 2. The maximum Gasteiger partial charge on any atom is 0.252 e. The average molecular weight is 230 g/mol. The van der Waals surface area contributed by atoms with Crippen molar-refractivity contribution >= 4 is 17.2 Å². The molecule has 0 saturated heterocycles. The number of anilines is 3. The van der Waals surface area contributed by atoms with Gasteiger partial charge in [-0.25, -0.2) is 4.98 Å². The molecule has 0 amide bonds. The molecule has 0 radical (unpaired) electrons. The number of aromatic amines is 1. The van der Waals surface area contributed by atoms with Crippen LogP contribution in [0.15, 0.2) is 35.1 Å². The van der Waals surface area contributed by atoms with Crippen LogP contribution in [-0.4, -0.2) is 9.97 Å². The van der Waals surface area contributed by atoms with E-state index in [-0.39, 0.29) is 5.56 Å². The van der Waals surface area contributed by atoms with Crippen LogP contribution < -0.4 is 16.6 Å². The Bertz CT molecular complexity index is 559. The SMILES string of the molecule is CCc1nc(Nc2ccc(N)cc2)cc(=O)[nH]1. The fraction of sp³-hybridized carbons (Fsp3) is 0.167. The van der Waals surface area contributed by atoms with E-state index in [2.05, 4.69) is 15.3 Å². The van der Waals surface area contributed by atoms with Gasteiger partial charge in [-0.1, -0.05) is 6.92 Å². The van der Waals surface area contributed by atoms with Crippen LogP contribution in [0.5, 0.6) is 0 Å². The Morgan fingerprint density at radius 2 is 2.06 bits per heavy atom. The minimum absolute atomic E-state index is 0.158. The van der Waals surface area contributed by atoms with E-state index in [1.807, 2.05) is 19.1 Å². The van der Waals surface area contributed by atoms with E-state index in [0.717, 1.165) is 5.69 Å². The Labute approximate surface area is 98.7 Å². The van der Waals surface area contributed by atoms with Crippen molar-refractivity contribution in [2.45, 2.75) is 13.3 Å². The van der Waals surface area contributed by atoms with Crippen molar-refractivity contribution in [2.24, 2.45) is 0 Å². The van der Waals surface area contributed by atoms with Gasteiger partial charge in [-0.2, -0.15) is 0 Å². The van der Waals surface area contributed by atoms with Gasteiger partial charge in [0.2, 0.25) is 0 Å². The summed E-state index contributed by atoms with van der Waals surface area (Å²) in [4.78, 5) is 18.3. The fourth-order valence-corrected chi connectivity index (χ4v) is 1.45. The molecule has 0 fully saturated rings. The zero-order chi connectivity index (χ0) is 12.3. The lowest BCUT2D eigenvalue weighted by molar-refractivity contribution is 0.924. The molecule has 0 aliphatic rings. The third kappa shape index (κ3) is 2.84. The van der Waals surface area contributed by atoms with Gasteiger partial charge in [0.15, 0.2) is 0 Å². The highest BCUT2D eigenvalue weighted by Crippen LogP contribution is 2.14. The Kier molecular flexibility index (Phi) is 3.09. The molecule has 0 aliphatic carbocycles. The van der Waals surface area contributed by atoms with E-state index in [0.29, 0.717) is 23.8 Å². The van der Waals surface area contributed by atoms with E-state index in [1.54, 1.807) is 12.1 Å². The van der Waals surface area contributed by atoms with Crippen LogP contribution in [-0.2, 0) is 6.42 Å². The van der Waals surface area contributed by atoms with Crippen molar-refractivity contribution in [3.8, 4) is 0 Å². The number of H-pyrrole nitrogens is 1. The molecular weight excluding hydrogens is 216 g/mol. The molecule has 1 aromatic carbocycles. The number of nitrogens with zero attached hydrogens (tertiary/aromatic N) is 1. The van der Waals surface area contributed by atoms with Crippen molar-refractivity contribution < 1.29 is 0 Å². The van der Waals surface area contributed by atoms with Crippen LogP contribution in [0.4, 0.5) is 17.2 Å². The molecule has 2 aromatic rings. The number of hydrogen-bond donors (Lipinski definition) is 3. The van der Waals surface area contributed by atoms with Crippen LogP contribution in [0.1, 0.15) is 12.7 Å². The Morgan fingerprint density at radius 1 is 1.35 bits per heavy atom. The molecule has 0 spiro atoms. The van der Waals surface area contributed by atoms with Gasteiger partial charge in [0.25, 0.3) is 5.56 Å². The molecule has 0 saturated carbocycles. The summed E-state index contributed by atoms with van der Waals surface area (Å²) in [7, 11) is 0. The van der Waals surface area contributed by atoms with Crippen LogP contribution in [0.2, 0.25) is 0 Å². The molecule has 17 heavy (non-hydrogen) atoms. The van der Waals surface area contributed by atoms with Crippen LogP contribution in [0.25, 0.3) is 0 Å². The van der Waals surface area contributed by atoms with E-state index in [1.165, 1.54) is 6.07 Å². The lowest BCUT2D eigenvalue weighted by Crippen LogP contribution is -2.11. The average Bonchev–Trinajstić information content (AvgIpc) is 2.31. The lowest BCUT2D eigenvalue weighted by Gasteiger charge is -2.06. The van der Waals surface area contributed by atoms with E-state index in [4.69, 9.17) is 5.73 Å². The molecule has 4 N–H and O–H groups in total. The third-order valence-corrected chi connectivity index (χ3v) is 2.31. The monoisotopic (exact) mass is 230 g/mol. The number of rotatable bonds is 3. The molecule has 88 valence electrons. The minimum Gasteiger partial charge on any atom is -0.399 e. The zero-order valence-corrected chi connectivity index (χ0v) is 9.53. The quantitative estimate of drug-likeness (QED) is 0.700. The summed E-state index contributed by atoms with van der Waals surface area (Å²) in [5.41, 5.74) is 6.98. The minimum atomic E-state index is -0.158. The molecule has 5 nitrogen and oxygen atoms in total. The molecule has 0 atom stereocenters. The largest absolute Gasteiger partial charge is 0.399 e. The van der Waals surface area contributed by atoms with E-state index < -0.39 is 0 Å². The number of benzene rings is 1. The van der Waals surface area contributed by atoms with Gasteiger partial charge in [-0.3, -0.25) is 4.79 Å². The zero-order valence-electron chi connectivity index (χ0n) is 9.53. The highest BCUT2D eigenvalue weighted by molar-refractivity contribution is 5.58. The molecule has 1 heterocycles. The van der Waals surface area contributed by atoms with Gasteiger partial charge in [0.1, 0.15) is 11.6 Å². The van der Waals surface area contributed by atoms with E-state index in [9.17, 15) is 4.79 Å². The summed E-state index contributed by atoms with van der Waals surface area (Å²) in [6.45, 7) is 1.94. The van der Waals surface area contributed by atoms with Crippen molar-refractivity contribution in [2.75, 3.05) is 11.1 Å². The molecule has 1 aromatic heterocycles. The second kappa shape index (κ2) is 4.69. The summed E-state index contributed by atoms with van der Waals surface area (Å²) in [5.74, 6) is 1.20. The van der Waals surface area contributed by atoms with Gasteiger partial charge in [-0.05, 0) is 24.3 Å². The molecule has 0 aliphatic heterocycles. The van der Waals surface area contributed by atoms with Gasteiger partial charge in [-0.15, -0.1) is 0 Å². The lowest BCUT2D eigenvalue weighted by atomic mass is 10.3. The normalized spacial score (nSPS) is 10.2. The Balaban J connectivity index is 2.26. The number of aryl methyl sites for hydroxylation is 1. The van der Waals surface area contributed by atoms with Crippen LogP contribution >= 0.6 is 0 Å². The molecule has 0 bridgehead atoms. The number of aromatic nitrogens is 2. The van der Waals surface area contributed by atoms with Gasteiger partial charge < -0.3 is 16.0 Å². The summed E-state index contributed by atoms with van der Waals surface area (Å²) in [6, 6.07) is 8.68. The second-order valence-electron chi connectivity index (χ2n) is 3.68. The number of hydrogen-bond acceptors (Lipinski definition) is 4. The summed E-state index contributed by atoms with van der Waals surface area (Å²) in [6.07, 6.45) is 0.687. The van der Waals surface area contributed by atoms with Gasteiger partial charge in [0.05, 0.1) is 0 Å². The first-order chi connectivity index (χ1) is 8.17. The van der Waals surface area contributed by atoms with Crippen molar-refractivity contribution in [3.63, 3.8) is 0 Å². The topological polar surface area (TPSA) is 83.8 Å². The molecular formula is C12H14N4O. The first-order valence-electron chi connectivity index (χ1n) is 5.40. The highest BCUT2D eigenvalue weighted by atomic mass is 16.1. The van der Waals surface area contributed by atoms with Crippen molar-refractivity contribution in [1.29, 1.82) is 0 Å². The fourth-order valence-electron chi connectivity index (χ4n) is 1.45. The van der Waals surface area contributed by atoms with Gasteiger partial charge >= 0.3 is 0 Å². The van der Waals surface area contributed by atoms with Crippen molar-refractivity contribution in [1.82, 2.24) is 9.97 Å². The Hall–Kier alpha value is -2.30. The number of nitrogen functional groups attached to an aromatic ring is 1. The standard InChI is InChI=1S/C12H14N4O/c1-2-10-15-11(7-12(17)16-10)14-9-5-3-8(13)4-6-9/h3-7H,2,13H2,1H3,(H2,14,15,16,17).